The van der Waals surface area contributed by atoms with Gasteiger partial charge in [0.05, 0.1) is 25.3 Å². The third kappa shape index (κ3) is 3.95. The van der Waals surface area contributed by atoms with Gasteiger partial charge < -0.3 is 15.2 Å². The third-order valence-electron chi connectivity index (χ3n) is 3.17. The van der Waals surface area contributed by atoms with E-state index in [2.05, 4.69) is 5.32 Å². The number of β-amino-alcohol motifs (C(OH)–C–C–N with tert-alkyl or cyclic N) is 1. The maximum Gasteiger partial charge on any atom is 0.338 e. The highest BCUT2D eigenvalue weighted by molar-refractivity contribution is 6.17. The molecule has 1 aromatic carbocycles. The predicted octanol–water partition coefficient (Wildman–Crippen LogP) is 0.910. The molecule has 1 aliphatic heterocycles. The van der Waals surface area contributed by atoms with Crippen molar-refractivity contribution < 1.29 is 24.2 Å². The summed E-state index contributed by atoms with van der Waals surface area (Å²) >= 11 is 0. The summed E-state index contributed by atoms with van der Waals surface area (Å²) in [4.78, 5) is 36.3. The molecule has 0 saturated heterocycles. The fourth-order valence-electron chi connectivity index (χ4n) is 2.03. The van der Waals surface area contributed by atoms with Crippen LogP contribution in [0.4, 0.5) is 5.69 Å². The van der Waals surface area contributed by atoms with Crippen molar-refractivity contribution in [2.24, 2.45) is 0 Å². The van der Waals surface area contributed by atoms with E-state index in [9.17, 15) is 14.4 Å². The molecule has 0 fully saturated rings. The van der Waals surface area contributed by atoms with Crippen molar-refractivity contribution in [2.75, 3.05) is 25.1 Å². The van der Waals surface area contributed by atoms with Crippen LogP contribution >= 0.6 is 0 Å². The lowest BCUT2D eigenvalue weighted by Crippen LogP contribution is -2.34. The summed E-state index contributed by atoms with van der Waals surface area (Å²) in [7, 11) is 0. The highest BCUT2D eigenvalue weighted by Crippen LogP contribution is 2.17. The van der Waals surface area contributed by atoms with Gasteiger partial charge in [0, 0.05) is 11.8 Å². The molecule has 2 amide bonds. The molecule has 7 nitrogen and oxygen atoms in total. The zero-order chi connectivity index (χ0) is 16.8. The number of nitrogens with zero attached hydrogens (tertiary/aromatic N) is 1. The van der Waals surface area contributed by atoms with Crippen LogP contribution in [0.25, 0.3) is 0 Å². The zero-order valence-electron chi connectivity index (χ0n) is 12.7. The molecule has 0 unspecified atom stereocenters. The van der Waals surface area contributed by atoms with Gasteiger partial charge in [-0.15, -0.1) is 0 Å². The summed E-state index contributed by atoms with van der Waals surface area (Å²) < 4.78 is 5.02. The molecule has 1 heterocycles. The number of ether oxygens (including phenoxy) is 1. The number of carbonyl (C=O) groups is 3. The Hall–Kier alpha value is -2.67. The van der Waals surface area contributed by atoms with Gasteiger partial charge in [-0.1, -0.05) is 6.92 Å². The molecular formula is C16H18N2O5. The second-order valence-electron chi connectivity index (χ2n) is 4.91. The van der Waals surface area contributed by atoms with Crippen LogP contribution < -0.4 is 5.32 Å². The van der Waals surface area contributed by atoms with Crippen molar-refractivity contribution in [2.45, 2.75) is 13.3 Å². The number of hydrogen-bond donors (Lipinski definition) is 2. The summed E-state index contributed by atoms with van der Waals surface area (Å²) in [5.41, 5.74) is 1.11. The van der Waals surface area contributed by atoms with Crippen LogP contribution in [-0.4, -0.2) is 47.5 Å². The maximum absolute atomic E-state index is 12.0. The molecule has 1 aromatic rings. The summed E-state index contributed by atoms with van der Waals surface area (Å²) in [6.45, 7) is 1.95. The second kappa shape index (κ2) is 7.55. The topological polar surface area (TPSA) is 95.9 Å². The second-order valence-corrected chi connectivity index (χ2v) is 4.91. The number of rotatable bonds is 7. The Morgan fingerprint density at radius 1 is 1.26 bits per heavy atom. The minimum atomic E-state index is -0.490. The van der Waals surface area contributed by atoms with E-state index in [-0.39, 0.29) is 18.8 Å². The molecule has 0 radical (unpaired) electrons. The van der Waals surface area contributed by atoms with Crippen molar-refractivity contribution in [3.63, 3.8) is 0 Å². The third-order valence-corrected chi connectivity index (χ3v) is 3.17. The van der Waals surface area contributed by atoms with E-state index >= 15 is 0 Å². The van der Waals surface area contributed by atoms with E-state index in [1.54, 1.807) is 24.3 Å². The average molecular weight is 318 g/mol. The molecule has 122 valence electrons. The fourth-order valence-corrected chi connectivity index (χ4v) is 2.03. The van der Waals surface area contributed by atoms with Gasteiger partial charge in [0.1, 0.15) is 5.70 Å². The number of nitrogens with one attached hydrogen (secondary N) is 1. The number of aliphatic hydroxyl groups is 1. The largest absolute Gasteiger partial charge is 0.462 e. The van der Waals surface area contributed by atoms with Crippen LogP contribution in [0.3, 0.4) is 0 Å². The van der Waals surface area contributed by atoms with E-state index in [4.69, 9.17) is 9.84 Å². The fraction of sp³-hybridized carbons (Fsp3) is 0.312. The molecule has 0 spiro atoms. The van der Waals surface area contributed by atoms with Crippen LogP contribution in [0, 0.1) is 0 Å². The molecule has 0 bridgehead atoms. The molecular weight excluding hydrogens is 300 g/mol. The summed E-state index contributed by atoms with van der Waals surface area (Å²) in [5, 5.41) is 11.7. The first-order chi connectivity index (χ1) is 11.1. The van der Waals surface area contributed by atoms with Crippen LogP contribution in [0.15, 0.2) is 36.0 Å². The van der Waals surface area contributed by atoms with Crippen molar-refractivity contribution in [1.82, 2.24) is 4.90 Å². The quantitative estimate of drug-likeness (QED) is 0.573. The summed E-state index contributed by atoms with van der Waals surface area (Å²) in [5.74, 6) is -1.36. The first-order valence-electron chi connectivity index (χ1n) is 7.29. The number of anilines is 1. The molecule has 0 saturated carbocycles. The molecule has 23 heavy (non-hydrogen) atoms. The lowest BCUT2D eigenvalue weighted by atomic mass is 10.2. The Kier molecular flexibility index (Phi) is 5.48. The van der Waals surface area contributed by atoms with Gasteiger partial charge in [0.15, 0.2) is 0 Å². The predicted molar refractivity (Wildman–Crippen MR) is 82.5 cm³/mol. The maximum atomic E-state index is 12.0. The number of benzene rings is 1. The van der Waals surface area contributed by atoms with Crippen molar-refractivity contribution >= 4 is 23.5 Å². The molecule has 2 N–H and O–H groups in total. The monoisotopic (exact) mass is 318 g/mol. The molecule has 1 aliphatic rings. The Balaban J connectivity index is 2.02. The van der Waals surface area contributed by atoms with Crippen LogP contribution in [0.2, 0.25) is 0 Å². The normalized spacial score (nSPS) is 14.0. The van der Waals surface area contributed by atoms with E-state index in [0.29, 0.717) is 17.9 Å². The van der Waals surface area contributed by atoms with Gasteiger partial charge in [-0.05, 0) is 30.7 Å². The Morgan fingerprint density at radius 3 is 2.57 bits per heavy atom. The smallest absolute Gasteiger partial charge is 0.338 e. The van der Waals surface area contributed by atoms with E-state index in [1.165, 1.54) is 6.08 Å². The standard InChI is InChI=1S/C16H18N2O5/c1-2-9-23-16(22)11-3-5-12(6-4-11)17-13-10-14(20)18(7-8-19)15(13)21/h3-6,10,17,19H,2,7-9H2,1H3. The molecule has 0 atom stereocenters. The van der Waals surface area contributed by atoms with Gasteiger partial charge in [0.2, 0.25) is 0 Å². The molecule has 2 rings (SSSR count). The van der Waals surface area contributed by atoms with Crippen LogP contribution in [-0.2, 0) is 14.3 Å². The van der Waals surface area contributed by atoms with E-state index in [0.717, 1.165) is 11.3 Å². The highest BCUT2D eigenvalue weighted by Gasteiger charge is 2.30. The van der Waals surface area contributed by atoms with Crippen molar-refractivity contribution in [1.29, 1.82) is 0 Å². The lowest BCUT2D eigenvalue weighted by molar-refractivity contribution is -0.137. The number of esters is 1. The molecule has 7 heteroatoms. The number of imide groups is 1. The van der Waals surface area contributed by atoms with Gasteiger partial charge >= 0.3 is 5.97 Å². The van der Waals surface area contributed by atoms with Crippen molar-refractivity contribution in [3.05, 3.63) is 41.6 Å². The Morgan fingerprint density at radius 2 is 1.96 bits per heavy atom. The number of amides is 2. The lowest BCUT2D eigenvalue weighted by Gasteiger charge is -2.13. The molecule has 0 aliphatic carbocycles. The number of carbonyl (C=O) groups excluding carboxylic acids is 3. The van der Waals surface area contributed by atoms with Crippen LogP contribution in [0.1, 0.15) is 23.7 Å². The summed E-state index contributed by atoms with van der Waals surface area (Å²) in [6.07, 6.45) is 1.93. The minimum Gasteiger partial charge on any atom is -0.462 e. The number of aliphatic hydroxyl groups excluding tert-OH is 1. The Bertz CT molecular complexity index is 636. The average Bonchev–Trinajstić information content (AvgIpc) is 2.81. The number of hydrogen-bond acceptors (Lipinski definition) is 6. The molecule has 0 aromatic heterocycles. The first-order valence-corrected chi connectivity index (χ1v) is 7.29. The Labute approximate surface area is 133 Å². The first kappa shape index (κ1) is 16.7. The van der Waals surface area contributed by atoms with E-state index in [1.807, 2.05) is 6.92 Å². The van der Waals surface area contributed by atoms with Gasteiger partial charge in [-0.3, -0.25) is 14.5 Å². The van der Waals surface area contributed by atoms with E-state index < -0.39 is 17.8 Å². The highest BCUT2D eigenvalue weighted by atomic mass is 16.5. The van der Waals surface area contributed by atoms with Crippen LogP contribution in [0.5, 0.6) is 0 Å². The zero-order valence-corrected chi connectivity index (χ0v) is 12.7. The SMILES string of the molecule is CCCOC(=O)c1ccc(NC2=CC(=O)N(CCO)C2=O)cc1. The minimum absolute atomic E-state index is 0.0401. The van der Waals surface area contributed by atoms with Crippen molar-refractivity contribution in [3.8, 4) is 0 Å². The van der Waals surface area contributed by atoms with Gasteiger partial charge in [0.25, 0.3) is 11.8 Å². The van der Waals surface area contributed by atoms with Gasteiger partial charge in [-0.2, -0.15) is 0 Å². The summed E-state index contributed by atoms with van der Waals surface area (Å²) in [6, 6.07) is 6.40. The van der Waals surface area contributed by atoms with Gasteiger partial charge in [-0.25, -0.2) is 4.79 Å².